The quantitative estimate of drug-likeness (QED) is 0.637. The molecule has 5 heteroatoms. The second-order valence-electron chi connectivity index (χ2n) is 4.03. The van der Waals surface area contributed by atoms with Crippen LogP contribution < -0.4 is 0 Å². The van der Waals surface area contributed by atoms with E-state index >= 15 is 0 Å². The van der Waals surface area contributed by atoms with Crippen molar-refractivity contribution in [3.8, 4) is 6.07 Å². The lowest BCUT2D eigenvalue weighted by Crippen LogP contribution is -2.36. The van der Waals surface area contributed by atoms with Crippen LogP contribution >= 0.6 is 0 Å². The Morgan fingerprint density at radius 2 is 2.00 bits per heavy atom. The maximum absolute atomic E-state index is 12.8. The second-order valence-corrected chi connectivity index (χ2v) is 4.03. The average molecular weight is 200 g/mol. The Hall–Kier alpha value is -1.18. The molecule has 1 aliphatic carbocycles. The van der Waals surface area contributed by atoms with Gasteiger partial charge in [0.05, 0.1) is 12.6 Å². The molecule has 0 aromatic rings. The molecular formula is C9H10F2N2O. The zero-order chi connectivity index (χ0) is 10.4. The van der Waals surface area contributed by atoms with Crippen LogP contribution in [0.25, 0.3) is 0 Å². The summed E-state index contributed by atoms with van der Waals surface area (Å²) < 4.78 is 25.6. The van der Waals surface area contributed by atoms with Crippen LogP contribution in [0.2, 0.25) is 0 Å². The zero-order valence-electron chi connectivity index (χ0n) is 7.59. The molecule has 0 spiro atoms. The van der Waals surface area contributed by atoms with Crippen LogP contribution in [0.1, 0.15) is 19.3 Å². The van der Waals surface area contributed by atoms with E-state index in [-0.39, 0.29) is 13.0 Å². The lowest BCUT2D eigenvalue weighted by molar-refractivity contribution is -0.135. The molecule has 0 bridgehead atoms. The Morgan fingerprint density at radius 1 is 1.36 bits per heavy atom. The van der Waals surface area contributed by atoms with Crippen molar-refractivity contribution < 1.29 is 13.6 Å². The highest BCUT2D eigenvalue weighted by Crippen LogP contribution is 2.47. The van der Waals surface area contributed by atoms with Gasteiger partial charge in [0.25, 0.3) is 5.92 Å². The van der Waals surface area contributed by atoms with Crippen LogP contribution in [0, 0.1) is 16.7 Å². The van der Waals surface area contributed by atoms with E-state index in [1.54, 1.807) is 0 Å². The molecule has 1 saturated carbocycles. The third-order valence-corrected chi connectivity index (χ3v) is 2.83. The normalized spacial score (nSPS) is 27.1. The van der Waals surface area contributed by atoms with Crippen molar-refractivity contribution in [1.82, 2.24) is 4.90 Å². The number of nitriles is 1. The summed E-state index contributed by atoms with van der Waals surface area (Å²) in [4.78, 5) is 12.7. The van der Waals surface area contributed by atoms with Gasteiger partial charge < -0.3 is 4.90 Å². The van der Waals surface area contributed by atoms with Crippen LogP contribution in [-0.4, -0.2) is 29.8 Å². The Morgan fingerprint density at radius 3 is 2.36 bits per heavy atom. The molecule has 1 amide bonds. The molecule has 0 aromatic carbocycles. The number of hydrogen-bond acceptors (Lipinski definition) is 2. The van der Waals surface area contributed by atoms with E-state index in [0.29, 0.717) is 12.8 Å². The van der Waals surface area contributed by atoms with Gasteiger partial charge in [-0.1, -0.05) is 0 Å². The summed E-state index contributed by atoms with van der Waals surface area (Å²) in [7, 11) is 0. The van der Waals surface area contributed by atoms with Gasteiger partial charge in [0.15, 0.2) is 0 Å². The van der Waals surface area contributed by atoms with Crippen LogP contribution in [-0.2, 0) is 4.79 Å². The molecule has 1 aliphatic heterocycles. The van der Waals surface area contributed by atoms with E-state index in [1.165, 1.54) is 0 Å². The number of carbonyl (C=O) groups is 1. The van der Waals surface area contributed by atoms with Gasteiger partial charge in [0, 0.05) is 13.0 Å². The molecule has 0 N–H and O–H groups in total. The molecule has 76 valence electrons. The van der Waals surface area contributed by atoms with Crippen molar-refractivity contribution in [2.45, 2.75) is 25.2 Å². The van der Waals surface area contributed by atoms with Crippen LogP contribution in [0.5, 0.6) is 0 Å². The SMILES string of the molecule is N#CC1(C(=O)N2CCC(F)(F)C2)CC1. The summed E-state index contributed by atoms with van der Waals surface area (Å²) in [6.07, 6.45) is 0.759. The predicted octanol–water partition coefficient (Wildman–Crippen LogP) is 1.16. The van der Waals surface area contributed by atoms with Gasteiger partial charge >= 0.3 is 0 Å². The number of halogens is 2. The van der Waals surface area contributed by atoms with Crippen molar-refractivity contribution in [3.05, 3.63) is 0 Å². The van der Waals surface area contributed by atoms with Crippen molar-refractivity contribution in [2.24, 2.45) is 5.41 Å². The average Bonchev–Trinajstić information content (AvgIpc) is 2.85. The molecule has 3 nitrogen and oxygen atoms in total. The topological polar surface area (TPSA) is 44.1 Å². The minimum absolute atomic E-state index is 0.0786. The number of nitrogens with zero attached hydrogens (tertiary/aromatic N) is 2. The van der Waals surface area contributed by atoms with E-state index in [1.807, 2.05) is 6.07 Å². The maximum Gasteiger partial charge on any atom is 0.267 e. The van der Waals surface area contributed by atoms with Gasteiger partial charge in [-0.25, -0.2) is 8.78 Å². The minimum atomic E-state index is -2.76. The highest BCUT2D eigenvalue weighted by Gasteiger charge is 2.55. The predicted molar refractivity (Wildman–Crippen MR) is 43.4 cm³/mol. The van der Waals surface area contributed by atoms with Crippen molar-refractivity contribution >= 4 is 5.91 Å². The molecule has 2 rings (SSSR count). The van der Waals surface area contributed by atoms with Crippen LogP contribution in [0.3, 0.4) is 0 Å². The highest BCUT2D eigenvalue weighted by molar-refractivity contribution is 5.88. The van der Waals surface area contributed by atoms with Gasteiger partial charge in [-0.2, -0.15) is 5.26 Å². The molecule has 0 aromatic heterocycles. The third-order valence-electron chi connectivity index (χ3n) is 2.83. The molecule has 0 radical (unpaired) electrons. The highest BCUT2D eigenvalue weighted by atomic mass is 19.3. The largest absolute Gasteiger partial charge is 0.335 e. The first-order chi connectivity index (χ1) is 6.49. The van der Waals surface area contributed by atoms with Gasteiger partial charge in [-0.15, -0.1) is 0 Å². The summed E-state index contributed by atoms with van der Waals surface area (Å²) in [6.45, 7) is -0.440. The number of likely N-dealkylation sites (tertiary alicyclic amines) is 1. The standard InChI is InChI=1S/C9H10F2N2O/c10-9(11)3-4-13(6-9)7(14)8(5-12)1-2-8/h1-4,6H2. The molecular weight excluding hydrogens is 190 g/mol. The van der Waals surface area contributed by atoms with E-state index in [9.17, 15) is 13.6 Å². The van der Waals surface area contributed by atoms with Gasteiger partial charge in [0.1, 0.15) is 5.41 Å². The van der Waals surface area contributed by atoms with Crippen molar-refractivity contribution in [1.29, 1.82) is 5.26 Å². The minimum Gasteiger partial charge on any atom is -0.335 e. The second kappa shape index (κ2) is 2.66. The summed E-state index contributed by atoms with van der Waals surface area (Å²) in [6, 6.07) is 1.92. The van der Waals surface area contributed by atoms with E-state index in [2.05, 4.69) is 0 Å². The molecule has 1 heterocycles. The van der Waals surface area contributed by atoms with E-state index in [4.69, 9.17) is 5.26 Å². The fraction of sp³-hybridized carbons (Fsp3) is 0.778. The third kappa shape index (κ3) is 1.35. The molecule has 2 aliphatic rings. The fourth-order valence-corrected chi connectivity index (χ4v) is 1.71. The Balaban J connectivity index is 2.05. The van der Waals surface area contributed by atoms with Crippen LogP contribution in [0.15, 0.2) is 0 Å². The lowest BCUT2D eigenvalue weighted by atomic mass is 10.1. The molecule has 0 unspecified atom stereocenters. The summed E-state index contributed by atoms with van der Waals surface area (Å²) in [5.41, 5.74) is -0.958. The first-order valence-corrected chi connectivity index (χ1v) is 4.58. The van der Waals surface area contributed by atoms with Crippen molar-refractivity contribution in [3.63, 3.8) is 0 Å². The Labute approximate surface area is 80.3 Å². The van der Waals surface area contributed by atoms with Crippen LogP contribution in [0.4, 0.5) is 8.78 Å². The monoisotopic (exact) mass is 200 g/mol. The van der Waals surface area contributed by atoms with Gasteiger partial charge in [-0.3, -0.25) is 4.79 Å². The number of hydrogen-bond donors (Lipinski definition) is 0. The summed E-state index contributed by atoms with van der Waals surface area (Å²) in [5.74, 6) is -3.17. The van der Waals surface area contributed by atoms with Gasteiger partial charge in [-0.05, 0) is 12.8 Å². The maximum atomic E-state index is 12.8. The Kier molecular flexibility index (Phi) is 1.78. The first-order valence-electron chi connectivity index (χ1n) is 4.58. The smallest absolute Gasteiger partial charge is 0.267 e. The first kappa shape index (κ1) is 9.38. The zero-order valence-corrected chi connectivity index (χ0v) is 7.59. The summed E-state index contributed by atoms with van der Waals surface area (Å²) in [5, 5.41) is 8.73. The molecule has 0 atom stereocenters. The van der Waals surface area contributed by atoms with Crippen molar-refractivity contribution in [2.75, 3.05) is 13.1 Å². The number of rotatable bonds is 1. The Bertz CT molecular complexity index is 317. The van der Waals surface area contributed by atoms with Gasteiger partial charge in [0.2, 0.25) is 5.91 Å². The number of carbonyl (C=O) groups excluding carboxylic acids is 1. The molecule has 2 fully saturated rings. The molecule has 14 heavy (non-hydrogen) atoms. The molecule has 1 saturated heterocycles. The fourth-order valence-electron chi connectivity index (χ4n) is 1.71. The van der Waals surface area contributed by atoms with E-state index in [0.717, 1.165) is 4.90 Å². The number of alkyl halides is 2. The summed E-state index contributed by atoms with van der Waals surface area (Å²) >= 11 is 0. The lowest BCUT2D eigenvalue weighted by Gasteiger charge is -2.18. The van der Waals surface area contributed by atoms with E-state index < -0.39 is 23.8 Å². The number of amides is 1.